The predicted molar refractivity (Wildman–Crippen MR) is 438 cm³/mol. The molecule has 0 atom stereocenters. The number of pyridine rings is 2. The van der Waals surface area contributed by atoms with Crippen LogP contribution in [0.1, 0.15) is 52.9 Å². The molecule has 0 spiro atoms. The summed E-state index contributed by atoms with van der Waals surface area (Å²) in [5, 5.41) is 0. The van der Waals surface area contributed by atoms with Gasteiger partial charge in [0.05, 0.1) is 51.2 Å². The van der Waals surface area contributed by atoms with Crippen molar-refractivity contribution in [2.45, 2.75) is 52.4 Å². The van der Waals surface area contributed by atoms with Crippen LogP contribution < -0.4 is 29.4 Å². The Hall–Kier alpha value is -13.0. The van der Waals surface area contributed by atoms with Crippen LogP contribution >= 0.6 is 0 Å². The summed E-state index contributed by atoms with van der Waals surface area (Å²) in [6.45, 7) is 13.4. The number of benzene rings is 13. The molecule has 2 heterocycles. The van der Waals surface area contributed by atoms with Crippen molar-refractivity contribution >= 4 is 102 Å². The van der Waals surface area contributed by atoms with Crippen LogP contribution in [0.4, 0.5) is 102 Å². The Morgan fingerprint density at radius 1 is 0.173 bits per heavy atom. The van der Waals surface area contributed by atoms with Gasteiger partial charge in [0.2, 0.25) is 0 Å². The zero-order valence-electron chi connectivity index (χ0n) is 59.5. The number of nitrogens with zero attached hydrogens (tertiary/aromatic N) is 8. The van der Waals surface area contributed by atoms with E-state index in [-0.39, 0.29) is 10.8 Å². The van der Waals surface area contributed by atoms with E-state index in [9.17, 15) is 0 Å². The summed E-state index contributed by atoms with van der Waals surface area (Å²) >= 11 is 0. The molecule has 13 aromatic carbocycles. The Morgan fingerprint density at radius 2 is 0.356 bits per heavy atom. The largest absolute Gasteiger partial charge is 0.310 e. The quantitative estimate of drug-likeness (QED) is 0.0748. The van der Waals surface area contributed by atoms with E-state index >= 15 is 0 Å². The molecule has 104 heavy (non-hydrogen) atoms. The molecule has 0 aliphatic rings. The van der Waals surface area contributed by atoms with Gasteiger partial charge < -0.3 is 29.4 Å². The van der Waals surface area contributed by atoms with Crippen LogP contribution in [0.5, 0.6) is 0 Å². The molecule has 0 aliphatic heterocycles. The van der Waals surface area contributed by atoms with Crippen LogP contribution in [0.25, 0.3) is 22.5 Å². The average molecular weight is 1350 g/mol. The standard InChI is InChI=1S/C96H82N8/c1-95(2,3)92-62-36-60-90(97-92)88-58-35-59-89(91-61-37-63-93(98-91)96(4,5)6)94(88)104(87-69-84(101(75-46-24-11-25-47-75)76-48-26-12-27-49-76)66-85(70-87)102(77-50-28-13-29-51-77)78-52-30-14-31-53-78)81-57-34-56-80(64-81)103(79-54-32-15-33-55-79)86-67-82(99(71-38-16-7-17-39-71)72-40-18-8-19-41-72)65-83(68-86)100(73-42-20-9-21-43-73)74-44-22-10-23-45-74/h7-70H,1-6H3. The van der Waals surface area contributed by atoms with Crippen molar-refractivity contribution in [3.63, 3.8) is 0 Å². The van der Waals surface area contributed by atoms with Gasteiger partial charge in [-0.2, -0.15) is 0 Å². The maximum Gasteiger partial charge on any atom is 0.0726 e. The van der Waals surface area contributed by atoms with Crippen molar-refractivity contribution in [2.75, 3.05) is 29.4 Å². The summed E-state index contributed by atoms with van der Waals surface area (Å²) in [6.07, 6.45) is 0. The van der Waals surface area contributed by atoms with Gasteiger partial charge in [0.15, 0.2) is 0 Å². The monoisotopic (exact) mass is 1350 g/mol. The third-order valence-electron chi connectivity index (χ3n) is 18.6. The molecule has 8 heteroatoms. The van der Waals surface area contributed by atoms with Crippen LogP contribution in [0, 0.1) is 0 Å². The van der Waals surface area contributed by atoms with Crippen LogP contribution in [-0.2, 0) is 10.8 Å². The summed E-state index contributed by atoms with van der Waals surface area (Å²) < 4.78 is 0. The molecule has 506 valence electrons. The van der Waals surface area contributed by atoms with E-state index in [0.717, 1.165) is 136 Å². The van der Waals surface area contributed by atoms with E-state index in [2.05, 4.69) is 459 Å². The van der Waals surface area contributed by atoms with Crippen LogP contribution in [0.15, 0.2) is 388 Å². The lowest BCUT2D eigenvalue weighted by Crippen LogP contribution is -2.19. The fourth-order valence-electron chi connectivity index (χ4n) is 13.7. The van der Waals surface area contributed by atoms with Crippen molar-refractivity contribution in [2.24, 2.45) is 0 Å². The number of aromatic nitrogens is 2. The Kier molecular flexibility index (Phi) is 19.0. The molecule has 15 aromatic rings. The van der Waals surface area contributed by atoms with Gasteiger partial charge in [-0.3, -0.25) is 9.97 Å². The van der Waals surface area contributed by atoms with Crippen molar-refractivity contribution in [1.82, 2.24) is 9.97 Å². The Labute approximate surface area is 612 Å². The van der Waals surface area contributed by atoms with Crippen LogP contribution in [0.3, 0.4) is 0 Å². The number of hydrogen-bond donors (Lipinski definition) is 0. The van der Waals surface area contributed by atoms with E-state index in [0.29, 0.717) is 0 Å². The van der Waals surface area contributed by atoms with Gasteiger partial charge in [-0.1, -0.05) is 242 Å². The maximum atomic E-state index is 5.66. The van der Waals surface area contributed by atoms with E-state index < -0.39 is 0 Å². The summed E-state index contributed by atoms with van der Waals surface area (Å²) in [4.78, 5) is 25.7. The molecular formula is C96H82N8. The van der Waals surface area contributed by atoms with Gasteiger partial charge in [-0.25, -0.2) is 0 Å². The smallest absolute Gasteiger partial charge is 0.0726 e. The highest BCUT2D eigenvalue weighted by molar-refractivity contribution is 6.00. The molecule has 0 saturated carbocycles. The molecule has 0 aliphatic carbocycles. The Morgan fingerprint density at radius 3 is 0.596 bits per heavy atom. The second-order valence-electron chi connectivity index (χ2n) is 28.0. The Balaban J connectivity index is 1.06. The molecule has 0 bridgehead atoms. The first-order valence-electron chi connectivity index (χ1n) is 35.6. The number of anilines is 18. The van der Waals surface area contributed by atoms with Crippen molar-refractivity contribution in [3.8, 4) is 22.5 Å². The van der Waals surface area contributed by atoms with Gasteiger partial charge in [0, 0.05) is 95.9 Å². The number of para-hydroxylation sites is 10. The van der Waals surface area contributed by atoms with Crippen molar-refractivity contribution in [1.29, 1.82) is 0 Å². The SMILES string of the molecule is CC(C)(C)c1cccc(-c2cccc(-c3cccc(C(C)(C)C)n3)c2N(c2cccc(N(c3ccccc3)c3cc(N(c4ccccc4)c4ccccc4)cc(N(c4ccccc4)c4ccccc4)c3)c2)c2cc(N(c3ccccc3)c3ccccc3)cc(N(c3ccccc3)c3ccccc3)c2)n1. The number of hydrogen-bond acceptors (Lipinski definition) is 8. The minimum Gasteiger partial charge on any atom is -0.310 e. The Bertz CT molecular complexity index is 4910. The molecule has 0 amide bonds. The zero-order chi connectivity index (χ0) is 71.0. The first kappa shape index (κ1) is 66.8. The lowest BCUT2D eigenvalue weighted by Gasteiger charge is -2.35. The first-order valence-corrected chi connectivity index (χ1v) is 35.6. The van der Waals surface area contributed by atoms with E-state index in [1.807, 2.05) is 0 Å². The third kappa shape index (κ3) is 14.4. The zero-order valence-corrected chi connectivity index (χ0v) is 59.5. The van der Waals surface area contributed by atoms with Crippen LogP contribution in [-0.4, -0.2) is 9.97 Å². The molecular weight excluding hydrogens is 1270 g/mol. The van der Waals surface area contributed by atoms with Gasteiger partial charge in [0.25, 0.3) is 0 Å². The third-order valence-corrected chi connectivity index (χ3v) is 18.6. The molecule has 0 unspecified atom stereocenters. The van der Waals surface area contributed by atoms with E-state index in [4.69, 9.17) is 9.97 Å². The summed E-state index contributed by atoms with van der Waals surface area (Å²) in [5.74, 6) is 0. The minimum absolute atomic E-state index is 0.263. The molecule has 0 fully saturated rings. The van der Waals surface area contributed by atoms with Crippen molar-refractivity contribution in [3.05, 3.63) is 400 Å². The normalized spacial score (nSPS) is 11.4. The van der Waals surface area contributed by atoms with Crippen LogP contribution in [0.2, 0.25) is 0 Å². The molecule has 0 N–H and O–H groups in total. The fourth-order valence-corrected chi connectivity index (χ4v) is 13.7. The topological polar surface area (TPSA) is 45.2 Å². The second kappa shape index (κ2) is 29.6. The molecule has 8 nitrogen and oxygen atoms in total. The summed E-state index contributed by atoms with van der Waals surface area (Å²) in [5.41, 5.74) is 22.4. The van der Waals surface area contributed by atoms with Gasteiger partial charge in [0.1, 0.15) is 0 Å². The number of rotatable bonds is 20. The molecule has 0 radical (unpaired) electrons. The highest BCUT2D eigenvalue weighted by Crippen LogP contribution is 2.53. The minimum atomic E-state index is -0.263. The first-order chi connectivity index (χ1) is 50.9. The van der Waals surface area contributed by atoms with Gasteiger partial charge >= 0.3 is 0 Å². The second-order valence-corrected chi connectivity index (χ2v) is 28.0. The summed E-state index contributed by atoms with van der Waals surface area (Å²) in [6, 6.07) is 139. The highest BCUT2D eigenvalue weighted by Gasteiger charge is 2.30. The lowest BCUT2D eigenvalue weighted by molar-refractivity contribution is 0.569. The predicted octanol–water partition coefficient (Wildman–Crippen LogP) is 27.2. The van der Waals surface area contributed by atoms with E-state index in [1.165, 1.54) is 0 Å². The lowest BCUT2D eigenvalue weighted by atomic mass is 9.90. The molecule has 2 aromatic heterocycles. The maximum absolute atomic E-state index is 5.66. The highest BCUT2D eigenvalue weighted by atomic mass is 15.2. The molecule has 15 rings (SSSR count). The average Bonchev–Trinajstić information content (AvgIpc) is 0.741. The van der Waals surface area contributed by atoms with E-state index in [1.54, 1.807) is 0 Å². The fraction of sp³-hybridized carbons (Fsp3) is 0.0833. The van der Waals surface area contributed by atoms with Gasteiger partial charge in [-0.05, 0) is 188 Å². The molecule has 0 saturated heterocycles. The summed E-state index contributed by atoms with van der Waals surface area (Å²) in [7, 11) is 0. The van der Waals surface area contributed by atoms with Gasteiger partial charge in [-0.15, -0.1) is 0 Å². The van der Waals surface area contributed by atoms with Crippen molar-refractivity contribution < 1.29 is 0 Å².